The fourth-order valence-electron chi connectivity index (χ4n) is 3.40. The molecule has 0 aliphatic heterocycles. The number of halogens is 1. The summed E-state index contributed by atoms with van der Waals surface area (Å²) in [6.07, 6.45) is 4.03. The van der Waals surface area contributed by atoms with E-state index >= 15 is 0 Å². The van der Waals surface area contributed by atoms with E-state index < -0.39 is 0 Å². The molecule has 3 rings (SSSR count). The van der Waals surface area contributed by atoms with E-state index in [2.05, 4.69) is 36.2 Å². The summed E-state index contributed by atoms with van der Waals surface area (Å²) in [4.78, 5) is 15.1. The summed E-state index contributed by atoms with van der Waals surface area (Å²) in [6.45, 7) is 5.40. The van der Waals surface area contributed by atoms with E-state index in [-0.39, 0.29) is 5.91 Å². The number of benzene rings is 2. The number of hydrogen-bond acceptors (Lipinski definition) is 2. The third-order valence-corrected chi connectivity index (χ3v) is 5.33. The molecule has 0 atom stereocenters. The van der Waals surface area contributed by atoms with Gasteiger partial charge in [0, 0.05) is 23.3 Å². The first-order chi connectivity index (χ1) is 12.6. The minimum absolute atomic E-state index is 0.0412. The van der Waals surface area contributed by atoms with Crippen molar-refractivity contribution in [2.24, 2.45) is 0 Å². The van der Waals surface area contributed by atoms with Crippen LogP contribution < -0.4 is 5.32 Å². The van der Waals surface area contributed by atoms with E-state index in [1.807, 2.05) is 30.3 Å². The lowest BCUT2D eigenvalue weighted by Crippen LogP contribution is -2.34. The highest BCUT2D eigenvalue weighted by molar-refractivity contribution is 6.32. The van der Waals surface area contributed by atoms with Crippen molar-refractivity contribution in [2.45, 2.75) is 52.1 Å². The van der Waals surface area contributed by atoms with Gasteiger partial charge in [0.1, 0.15) is 0 Å². The molecule has 1 saturated carbocycles. The van der Waals surface area contributed by atoms with Crippen LogP contribution in [0.2, 0.25) is 5.02 Å². The highest BCUT2D eigenvalue weighted by Crippen LogP contribution is 2.31. The van der Waals surface area contributed by atoms with Gasteiger partial charge in [0.05, 0.1) is 6.54 Å². The van der Waals surface area contributed by atoms with Gasteiger partial charge in [-0.1, -0.05) is 61.8 Å². The van der Waals surface area contributed by atoms with Gasteiger partial charge in [0.25, 0.3) is 0 Å². The van der Waals surface area contributed by atoms with Crippen molar-refractivity contribution in [3.8, 4) is 0 Å². The molecule has 1 fully saturated rings. The number of nitrogens with zero attached hydrogens (tertiary/aromatic N) is 1. The second-order valence-electron chi connectivity index (χ2n) is 6.94. The predicted molar refractivity (Wildman–Crippen MR) is 109 cm³/mol. The third-order valence-electron chi connectivity index (χ3n) is 4.98. The number of amides is 1. The van der Waals surface area contributed by atoms with Crippen molar-refractivity contribution in [2.75, 3.05) is 11.9 Å². The molecule has 0 heterocycles. The van der Waals surface area contributed by atoms with E-state index in [0.717, 1.165) is 41.2 Å². The molecule has 0 spiro atoms. The minimum atomic E-state index is 0.0412. The molecular weight excluding hydrogens is 344 g/mol. The van der Waals surface area contributed by atoms with Crippen LogP contribution in [-0.2, 0) is 24.2 Å². The first kappa shape index (κ1) is 18.9. The predicted octanol–water partition coefficient (Wildman–Crippen LogP) is 5.07. The summed E-state index contributed by atoms with van der Waals surface area (Å²) in [5.74, 6) is 0.0412. The van der Waals surface area contributed by atoms with Gasteiger partial charge >= 0.3 is 0 Å². The molecule has 1 aliphatic carbocycles. The van der Waals surface area contributed by atoms with Crippen LogP contribution in [0.1, 0.15) is 43.4 Å². The van der Waals surface area contributed by atoms with Gasteiger partial charge in [-0.2, -0.15) is 0 Å². The molecule has 3 nitrogen and oxygen atoms in total. The van der Waals surface area contributed by atoms with Gasteiger partial charge in [-0.25, -0.2) is 0 Å². The Morgan fingerprint density at radius 2 is 1.85 bits per heavy atom. The van der Waals surface area contributed by atoms with Crippen LogP contribution >= 0.6 is 11.6 Å². The molecule has 0 unspecified atom stereocenters. The molecule has 0 bridgehead atoms. The first-order valence-corrected chi connectivity index (χ1v) is 9.88. The van der Waals surface area contributed by atoms with Crippen LogP contribution in [0.3, 0.4) is 0 Å². The molecule has 0 radical (unpaired) electrons. The fourth-order valence-corrected chi connectivity index (χ4v) is 3.69. The quantitative estimate of drug-likeness (QED) is 0.703. The molecular formula is C22H27ClN2O. The number of hydrogen-bond donors (Lipinski definition) is 1. The lowest BCUT2D eigenvalue weighted by molar-refractivity contribution is -0.117. The average molecular weight is 371 g/mol. The Morgan fingerprint density at radius 3 is 2.46 bits per heavy atom. The molecule has 138 valence electrons. The SMILES string of the molecule is CCc1ccc(Cl)c(CC)c1NC(=O)CN(Cc1ccccc1)C1CC1. The number of aryl methyl sites for hydroxylation is 1. The van der Waals surface area contributed by atoms with Crippen molar-refractivity contribution >= 4 is 23.2 Å². The number of anilines is 1. The molecule has 4 heteroatoms. The van der Waals surface area contributed by atoms with Crippen LogP contribution in [-0.4, -0.2) is 23.4 Å². The summed E-state index contributed by atoms with van der Waals surface area (Å²) in [5, 5.41) is 3.88. The van der Waals surface area contributed by atoms with Crippen molar-refractivity contribution in [1.29, 1.82) is 0 Å². The Hall–Kier alpha value is -1.84. The Labute approximate surface area is 161 Å². The second kappa shape index (κ2) is 8.70. The lowest BCUT2D eigenvalue weighted by Gasteiger charge is -2.23. The molecule has 2 aromatic rings. The topological polar surface area (TPSA) is 32.3 Å². The van der Waals surface area contributed by atoms with Crippen molar-refractivity contribution in [3.05, 3.63) is 64.2 Å². The Bertz CT molecular complexity index is 756. The highest BCUT2D eigenvalue weighted by atomic mass is 35.5. The minimum Gasteiger partial charge on any atom is -0.324 e. The maximum atomic E-state index is 12.8. The monoisotopic (exact) mass is 370 g/mol. The largest absolute Gasteiger partial charge is 0.324 e. The van der Waals surface area contributed by atoms with Gasteiger partial charge in [-0.05, 0) is 48.4 Å². The summed E-state index contributed by atoms with van der Waals surface area (Å²) < 4.78 is 0. The maximum absolute atomic E-state index is 12.8. The summed E-state index contributed by atoms with van der Waals surface area (Å²) >= 11 is 6.35. The van der Waals surface area contributed by atoms with E-state index in [4.69, 9.17) is 11.6 Å². The van der Waals surface area contributed by atoms with Gasteiger partial charge in [0.2, 0.25) is 5.91 Å². The molecule has 0 saturated heterocycles. The standard InChI is InChI=1S/C22H27ClN2O/c1-3-17-10-13-20(23)19(4-2)22(17)24-21(26)15-25(18-11-12-18)14-16-8-6-5-7-9-16/h5-10,13,18H,3-4,11-12,14-15H2,1-2H3,(H,24,26). The van der Waals surface area contributed by atoms with Crippen LogP contribution in [0, 0.1) is 0 Å². The molecule has 26 heavy (non-hydrogen) atoms. The van der Waals surface area contributed by atoms with Crippen LogP contribution in [0.15, 0.2) is 42.5 Å². The zero-order valence-corrected chi connectivity index (χ0v) is 16.4. The highest BCUT2D eigenvalue weighted by Gasteiger charge is 2.30. The van der Waals surface area contributed by atoms with Crippen molar-refractivity contribution in [1.82, 2.24) is 4.90 Å². The molecule has 1 aliphatic rings. The van der Waals surface area contributed by atoms with Crippen LogP contribution in [0.25, 0.3) is 0 Å². The molecule has 2 aromatic carbocycles. The Kier molecular flexibility index (Phi) is 6.33. The first-order valence-electron chi connectivity index (χ1n) is 9.50. The van der Waals surface area contributed by atoms with E-state index in [9.17, 15) is 4.79 Å². The number of carbonyl (C=O) groups excluding carboxylic acids is 1. The van der Waals surface area contributed by atoms with Crippen molar-refractivity contribution in [3.63, 3.8) is 0 Å². The van der Waals surface area contributed by atoms with Gasteiger partial charge in [0.15, 0.2) is 0 Å². The van der Waals surface area contributed by atoms with Crippen molar-refractivity contribution < 1.29 is 4.79 Å². The zero-order valence-electron chi connectivity index (χ0n) is 15.6. The molecule has 0 aromatic heterocycles. The maximum Gasteiger partial charge on any atom is 0.238 e. The average Bonchev–Trinajstić information content (AvgIpc) is 3.48. The number of carbonyl (C=O) groups is 1. The third kappa shape index (κ3) is 4.66. The number of rotatable bonds is 8. The number of nitrogens with one attached hydrogen (secondary N) is 1. The summed E-state index contributed by atoms with van der Waals surface area (Å²) in [7, 11) is 0. The normalized spacial score (nSPS) is 13.8. The van der Waals surface area contributed by atoms with Crippen LogP contribution in [0.5, 0.6) is 0 Å². The van der Waals surface area contributed by atoms with E-state index in [0.29, 0.717) is 12.6 Å². The van der Waals surface area contributed by atoms with Gasteiger partial charge < -0.3 is 5.32 Å². The Morgan fingerprint density at radius 1 is 1.12 bits per heavy atom. The lowest BCUT2D eigenvalue weighted by atomic mass is 10.0. The zero-order chi connectivity index (χ0) is 18.5. The summed E-state index contributed by atoms with van der Waals surface area (Å²) in [6, 6.07) is 14.8. The fraction of sp³-hybridized carbons (Fsp3) is 0.409. The van der Waals surface area contributed by atoms with E-state index in [1.165, 1.54) is 18.4 Å². The smallest absolute Gasteiger partial charge is 0.238 e. The Balaban J connectivity index is 1.72. The molecule has 1 amide bonds. The summed E-state index contributed by atoms with van der Waals surface area (Å²) in [5.41, 5.74) is 4.32. The molecule has 1 N–H and O–H groups in total. The van der Waals surface area contributed by atoms with Crippen LogP contribution in [0.4, 0.5) is 5.69 Å². The van der Waals surface area contributed by atoms with Gasteiger partial charge in [-0.3, -0.25) is 9.69 Å². The second-order valence-corrected chi connectivity index (χ2v) is 7.34. The van der Waals surface area contributed by atoms with Gasteiger partial charge in [-0.15, -0.1) is 0 Å². The van der Waals surface area contributed by atoms with E-state index in [1.54, 1.807) is 0 Å².